The maximum atomic E-state index is 10.1. The molecule has 1 N–H and O–H groups in total. The molecule has 0 spiro atoms. The Morgan fingerprint density at radius 3 is 2.09 bits per heavy atom. The standard InChI is InChI=1S/C9H18O2/c1-8(2,11-3)9(10)6-4-5-7-9/h10H,4-7H2,1-3H3. The van der Waals surface area contributed by atoms with Crippen LogP contribution >= 0.6 is 0 Å². The largest absolute Gasteiger partial charge is 0.387 e. The van der Waals surface area contributed by atoms with Crippen molar-refractivity contribution in [2.24, 2.45) is 0 Å². The zero-order valence-corrected chi connectivity index (χ0v) is 7.68. The molecule has 1 aliphatic carbocycles. The van der Waals surface area contributed by atoms with Crippen molar-refractivity contribution < 1.29 is 9.84 Å². The van der Waals surface area contributed by atoms with E-state index in [1.807, 2.05) is 13.8 Å². The molecule has 2 nitrogen and oxygen atoms in total. The normalized spacial score (nSPS) is 24.0. The van der Waals surface area contributed by atoms with E-state index in [9.17, 15) is 5.11 Å². The number of rotatable bonds is 2. The maximum absolute atomic E-state index is 10.1. The van der Waals surface area contributed by atoms with Gasteiger partial charge in [0.25, 0.3) is 0 Å². The molecule has 0 aromatic carbocycles. The van der Waals surface area contributed by atoms with Crippen LogP contribution < -0.4 is 0 Å². The van der Waals surface area contributed by atoms with Gasteiger partial charge in [0, 0.05) is 7.11 Å². The van der Waals surface area contributed by atoms with Crippen molar-refractivity contribution in [2.75, 3.05) is 7.11 Å². The lowest BCUT2D eigenvalue weighted by molar-refractivity contribution is -0.146. The number of aliphatic hydroxyl groups is 1. The molecule has 0 bridgehead atoms. The SMILES string of the molecule is COC(C)(C)C1(O)CCCC1. The first kappa shape index (κ1) is 9.01. The van der Waals surface area contributed by atoms with E-state index >= 15 is 0 Å². The summed E-state index contributed by atoms with van der Waals surface area (Å²) in [6.07, 6.45) is 4.02. The Kier molecular flexibility index (Phi) is 2.26. The van der Waals surface area contributed by atoms with Gasteiger partial charge < -0.3 is 9.84 Å². The first-order valence-electron chi connectivity index (χ1n) is 4.29. The van der Waals surface area contributed by atoms with Gasteiger partial charge in [0.15, 0.2) is 0 Å². The lowest BCUT2D eigenvalue weighted by Gasteiger charge is -2.38. The molecule has 0 radical (unpaired) electrons. The summed E-state index contributed by atoms with van der Waals surface area (Å²) in [4.78, 5) is 0. The minimum absolute atomic E-state index is 0.385. The molecule has 0 aliphatic heterocycles. The predicted molar refractivity (Wildman–Crippen MR) is 44.5 cm³/mol. The molecule has 1 aliphatic rings. The highest BCUT2D eigenvalue weighted by Crippen LogP contribution is 2.39. The highest BCUT2D eigenvalue weighted by molar-refractivity contribution is 4.98. The fraction of sp³-hybridized carbons (Fsp3) is 1.00. The van der Waals surface area contributed by atoms with Gasteiger partial charge in [-0.1, -0.05) is 12.8 Å². The van der Waals surface area contributed by atoms with Gasteiger partial charge in [-0.05, 0) is 26.7 Å². The van der Waals surface area contributed by atoms with E-state index in [1.54, 1.807) is 7.11 Å². The minimum Gasteiger partial charge on any atom is -0.387 e. The van der Waals surface area contributed by atoms with Gasteiger partial charge in [-0.3, -0.25) is 0 Å². The average Bonchev–Trinajstić information content (AvgIpc) is 2.38. The molecule has 0 heterocycles. The van der Waals surface area contributed by atoms with Crippen molar-refractivity contribution in [2.45, 2.75) is 50.7 Å². The van der Waals surface area contributed by atoms with E-state index < -0.39 is 5.60 Å². The first-order chi connectivity index (χ1) is 5.02. The molecule has 0 unspecified atom stereocenters. The second kappa shape index (κ2) is 2.76. The van der Waals surface area contributed by atoms with Gasteiger partial charge in [0.1, 0.15) is 0 Å². The average molecular weight is 158 g/mol. The third-order valence-electron chi connectivity index (χ3n) is 3.06. The Morgan fingerprint density at radius 1 is 1.27 bits per heavy atom. The third-order valence-corrected chi connectivity index (χ3v) is 3.06. The fourth-order valence-corrected chi connectivity index (χ4v) is 1.75. The Labute approximate surface area is 68.6 Å². The fourth-order valence-electron chi connectivity index (χ4n) is 1.75. The molecule has 2 heteroatoms. The van der Waals surface area contributed by atoms with Crippen molar-refractivity contribution >= 4 is 0 Å². The Morgan fingerprint density at radius 2 is 1.73 bits per heavy atom. The quantitative estimate of drug-likeness (QED) is 0.663. The minimum atomic E-state index is -0.582. The molecule has 0 amide bonds. The molecule has 0 aromatic rings. The molecular weight excluding hydrogens is 140 g/mol. The van der Waals surface area contributed by atoms with Crippen molar-refractivity contribution in [1.29, 1.82) is 0 Å². The topological polar surface area (TPSA) is 29.5 Å². The van der Waals surface area contributed by atoms with E-state index in [1.165, 1.54) is 0 Å². The smallest absolute Gasteiger partial charge is 0.0930 e. The number of hydrogen-bond donors (Lipinski definition) is 1. The van der Waals surface area contributed by atoms with Crippen LogP contribution in [0.25, 0.3) is 0 Å². The maximum Gasteiger partial charge on any atom is 0.0930 e. The van der Waals surface area contributed by atoms with Gasteiger partial charge >= 0.3 is 0 Å². The molecule has 0 atom stereocenters. The zero-order valence-electron chi connectivity index (χ0n) is 7.68. The number of methoxy groups -OCH3 is 1. The van der Waals surface area contributed by atoms with Crippen LogP contribution in [0.15, 0.2) is 0 Å². The van der Waals surface area contributed by atoms with Gasteiger partial charge in [-0.2, -0.15) is 0 Å². The van der Waals surface area contributed by atoms with Crippen molar-refractivity contribution in [3.63, 3.8) is 0 Å². The summed E-state index contributed by atoms with van der Waals surface area (Å²) < 4.78 is 5.27. The van der Waals surface area contributed by atoms with Crippen molar-refractivity contribution in [1.82, 2.24) is 0 Å². The summed E-state index contributed by atoms with van der Waals surface area (Å²) in [5, 5.41) is 10.1. The van der Waals surface area contributed by atoms with Gasteiger partial charge in [0.2, 0.25) is 0 Å². The third kappa shape index (κ3) is 1.42. The van der Waals surface area contributed by atoms with Crippen LogP contribution in [0.5, 0.6) is 0 Å². The highest BCUT2D eigenvalue weighted by atomic mass is 16.5. The summed E-state index contributed by atoms with van der Waals surface area (Å²) in [6.45, 7) is 3.91. The molecule has 1 rings (SSSR count). The van der Waals surface area contributed by atoms with Crippen molar-refractivity contribution in [3.8, 4) is 0 Å². The number of ether oxygens (including phenoxy) is 1. The van der Waals surface area contributed by atoms with Gasteiger partial charge in [0.05, 0.1) is 11.2 Å². The van der Waals surface area contributed by atoms with Crippen LogP contribution in [-0.2, 0) is 4.74 Å². The molecule has 0 saturated heterocycles. The molecule has 0 aromatic heterocycles. The van der Waals surface area contributed by atoms with E-state index in [4.69, 9.17) is 4.74 Å². The highest BCUT2D eigenvalue weighted by Gasteiger charge is 2.45. The predicted octanol–water partition coefficient (Wildman–Crippen LogP) is 1.72. The Balaban J connectivity index is 2.69. The molecule has 66 valence electrons. The van der Waals surface area contributed by atoms with E-state index in [2.05, 4.69) is 0 Å². The molecule has 11 heavy (non-hydrogen) atoms. The number of hydrogen-bond acceptors (Lipinski definition) is 2. The Hall–Kier alpha value is -0.0800. The van der Waals surface area contributed by atoms with Crippen LogP contribution in [-0.4, -0.2) is 23.4 Å². The van der Waals surface area contributed by atoms with Gasteiger partial charge in [-0.25, -0.2) is 0 Å². The van der Waals surface area contributed by atoms with E-state index in [0.717, 1.165) is 25.7 Å². The summed E-state index contributed by atoms with van der Waals surface area (Å²) in [7, 11) is 1.66. The summed E-state index contributed by atoms with van der Waals surface area (Å²) in [5.74, 6) is 0. The molecular formula is C9H18O2. The van der Waals surface area contributed by atoms with Crippen LogP contribution in [0.2, 0.25) is 0 Å². The summed E-state index contributed by atoms with van der Waals surface area (Å²) in [5.41, 5.74) is -0.967. The monoisotopic (exact) mass is 158 g/mol. The van der Waals surface area contributed by atoms with Crippen molar-refractivity contribution in [3.05, 3.63) is 0 Å². The summed E-state index contributed by atoms with van der Waals surface area (Å²) >= 11 is 0. The van der Waals surface area contributed by atoms with Crippen LogP contribution in [0, 0.1) is 0 Å². The van der Waals surface area contributed by atoms with Crippen LogP contribution in [0.3, 0.4) is 0 Å². The van der Waals surface area contributed by atoms with Gasteiger partial charge in [-0.15, -0.1) is 0 Å². The molecule has 1 saturated carbocycles. The summed E-state index contributed by atoms with van der Waals surface area (Å²) in [6, 6.07) is 0. The first-order valence-corrected chi connectivity index (χ1v) is 4.29. The lowest BCUT2D eigenvalue weighted by atomic mass is 9.84. The lowest BCUT2D eigenvalue weighted by Crippen LogP contribution is -2.49. The molecule has 1 fully saturated rings. The second-order valence-corrected chi connectivity index (χ2v) is 3.95. The zero-order chi connectivity index (χ0) is 8.54. The van der Waals surface area contributed by atoms with E-state index in [-0.39, 0.29) is 5.60 Å². The van der Waals surface area contributed by atoms with Crippen LogP contribution in [0.4, 0.5) is 0 Å². The van der Waals surface area contributed by atoms with E-state index in [0.29, 0.717) is 0 Å². The Bertz CT molecular complexity index is 134. The van der Waals surface area contributed by atoms with Crippen LogP contribution in [0.1, 0.15) is 39.5 Å². The second-order valence-electron chi connectivity index (χ2n) is 3.95.